The van der Waals surface area contributed by atoms with Gasteiger partial charge >= 0.3 is 0 Å². The van der Waals surface area contributed by atoms with Gasteiger partial charge in [0.1, 0.15) is 11.6 Å². The topological polar surface area (TPSA) is 58.2 Å². The van der Waals surface area contributed by atoms with Gasteiger partial charge in [-0.05, 0) is 54.6 Å². The van der Waals surface area contributed by atoms with E-state index in [0.29, 0.717) is 24.8 Å². The van der Waals surface area contributed by atoms with Crippen LogP contribution in [0, 0.1) is 28.4 Å². The van der Waals surface area contributed by atoms with E-state index >= 15 is 0 Å². The van der Waals surface area contributed by atoms with Gasteiger partial charge in [0.05, 0.1) is 5.56 Å². The maximum atomic E-state index is 13.6. The molecule has 27 heavy (non-hydrogen) atoms. The van der Waals surface area contributed by atoms with E-state index in [1.165, 1.54) is 6.42 Å². The van der Waals surface area contributed by atoms with E-state index in [1.807, 2.05) is 0 Å². The number of fused-ring (bicyclic) bond motifs is 2. The molecule has 2 fully saturated rings. The fraction of sp³-hybridized carbons (Fsp3) is 0.619. The average Bonchev–Trinajstić information content (AvgIpc) is 2.92. The summed E-state index contributed by atoms with van der Waals surface area (Å²) in [5.74, 6) is -1.56. The second-order valence-electron chi connectivity index (χ2n) is 8.71. The molecule has 0 radical (unpaired) electrons. The summed E-state index contributed by atoms with van der Waals surface area (Å²) in [6.07, 6.45) is 4.20. The number of carbonyl (C=O) groups excluding carboxylic acids is 2. The van der Waals surface area contributed by atoms with Crippen molar-refractivity contribution in [1.82, 2.24) is 10.6 Å². The number of carbonyl (C=O) groups is 2. The molecular formula is C21H28F2N2O2. The second-order valence-corrected chi connectivity index (χ2v) is 8.71. The third kappa shape index (κ3) is 3.58. The van der Waals surface area contributed by atoms with Gasteiger partial charge in [-0.2, -0.15) is 0 Å². The van der Waals surface area contributed by atoms with E-state index < -0.39 is 17.5 Å². The van der Waals surface area contributed by atoms with Crippen LogP contribution in [0.1, 0.15) is 63.2 Å². The summed E-state index contributed by atoms with van der Waals surface area (Å²) in [5, 5.41) is 5.76. The molecule has 2 amide bonds. The van der Waals surface area contributed by atoms with Crippen LogP contribution in [-0.2, 0) is 4.79 Å². The molecule has 6 heteroatoms. The van der Waals surface area contributed by atoms with Crippen LogP contribution in [0.15, 0.2) is 18.2 Å². The lowest BCUT2D eigenvalue weighted by Crippen LogP contribution is -2.46. The van der Waals surface area contributed by atoms with Crippen molar-refractivity contribution in [3.05, 3.63) is 35.4 Å². The highest BCUT2D eigenvalue weighted by Gasteiger charge is 2.61. The highest BCUT2D eigenvalue weighted by atomic mass is 19.1. The Bertz CT molecular complexity index is 750. The number of nitrogens with one attached hydrogen (secondary N) is 2. The summed E-state index contributed by atoms with van der Waals surface area (Å²) >= 11 is 0. The van der Waals surface area contributed by atoms with E-state index in [1.54, 1.807) is 0 Å². The quantitative estimate of drug-likeness (QED) is 0.740. The normalized spacial score (nSPS) is 28.2. The summed E-state index contributed by atoms with van der Waals surface area (Å²) < 4.78 is 26.5. The molecule has 2 saturated carbocycles. The van der Waals surface area contributed by atoms with Crippen molar-refractivity contribution in [2.24, 2.45) is 16.7 Å². The molecular weight excluding hydrogens is 350 g/mol. The van der Waals surface area contributed by atoms with Crippen LogP contribution < -0.4 is 10.6 Å². The molecule has 2 N–H and O–H groups in total. The van der Waals surface area contributed by atoms with Crippen molar-refractivity contribution in [2.75, 3.05) is 6.54 Å². The lowest BCUT2D eigenvalue weighted by molar-refractivity contribution is -0.122. The SMILES string of the molecule is CC1(C)C2CCC1(C)C(NC(=O)CCCNC(=O)c1ccc(F)cc1F)C2. The zero-order valence-corrected chi connectivity index (χ0v) is 16.2. The lowest BCUT2D eigenvalue weighted by Gasteiger charge is -2.39. The molecule has 1 aromatic carbocycles. The maximum Gasteiger partial charge on any atom is 0.254 e. The fourth-order valence-corrected chi connectivity index (χ4v) is 4.91. The molecule has 0 spiro atoms. The zero-order valence-electron chi connectivity index (χ0n) is 16.2. The van der Waals surface area contributed by atoms with Crippen molar-refractivity contribution >= 4 is 11.8 Å². The lowest BCUT2D eigenvalue weighted by atomic mass is 9.69. The average molecular weight is 378 g/mol. The summed E-state index contributed by atoms with van der Waals surface area (Å²) in [4.78, 5) is 24.2. The van der Waals surface area contributed by atoms with Crippen LogP contribution in [0.2, 0.25) is 0 Å². The molecule has 2 bridgehead atoms. The number of amides is 2. The smallest absolute Gasteiger partial charge is 0.254 e. The number of benzene rings is 1. The zero-order chi connectivity index (χ0) is 19.8. The Balaban J connectivity index is 1.42. The summed E-state index contributed by atoms with van der Waals surface area (Å²) in [6, 6.07) is 3.05. The number of hydrogen-bond donors (Lipinski definition) is 2. The molecule has 0 aromatic heterocycles. The highest BCUT2D eigenvalue weighted by molar-refractivity contribution is 5.94. The van der Waals surface area contributed by atoms with E-state index in [2.05, 4.69) is 31.4 Å². The van der Waals surface area contributed by atoms with E-state index in [-0.39, 0.29) is 34.9 Å². The van der Waals surface area contributed by atoms with E-state index in [9.17, 15) is 18.4 Å². The summed E-state index contributed by atoms with van der Waals surface area (Å²) in [7, 11) is 0. The molecule has 0 aliphatic heterocycles. The monoisotopic (exact) mass is 378 g/mol. The Kier molecular flexibility index (Phi) is 5.28. The molecule has 1 aromatic rings. The first-order valence-corrected chi connectivity index (χ1v) is 9.68. The first-order valence-electron chi connectivity index (χ1n) is 9.68. The summed E-state index contributed by atoms with van der Waals surface area (Å²) in [5.41, 5.74) is 0.192. The van der Waals surface area contributed by atoms with Crippen molar-refractivity contribution < 1.29 is 18.4 Å². The Hall–Kier alpha value is -1.98. The molecule has 3 rings (SSSR count). The maximum absolute atomic E-state index is 13.6. The van der Waals surface area contributed by atoms with E-state index in [0.717, 1.165) is 25.0 Å². The predicted molar refractivity (Wildman–Crippen MR) is 99.1 cm³/mol. The van der Waals surface area contributed by atoms with Gasteiger partial charge < -0.3 is 10.6 Å². The largest absolute Gasteiger partial charge is 0.353 e. The number of rotatable bonds is 6. The van der Waals surface area contributed by atoms with Crippen molar-refractivity contribution in [1.29, 1.82) is 0 Å². The highest BCUT2D eigenvalue weighted by Crippen LogP contribution is 2.65. The standard InChI is InChI=1S/C21H28F2N2O2/c1-20(2)13-8-9-21(20,3)17(11-13)25-18(26)5-4-10-24-19(27)15-7-6-14(22)12-16(15)23/h6-7,12-13,17H,4-5,8-11H2,1-3H3,(H,24,27)(H,25,26). The third-order valence-electron chi connectivity index (χ3n) is 7.17. The molecule has 148 valence electrons. The number of halogens is 2. The second kappa shape index (κ2) is 7.21. The van der Waals surface area contributed by atoms with Gasteiger partial charge in [0, 0.05) is 25.1 Å². The van der Waals surface area contributed by atoms with Gasteiger partial charge in [-0.3, -0.25) is 9.59 Å². The van der Waals surface area contributed by atoms with Crippen molar-refractivity contribution in [3.8, 4) is 0 Å². The van der Waals surface area contributed by atoms with Crippen molar-refractivity contribution in [2.45, 2.75) is 58.9 Å². The van der Waals surface area contributed by atoms with Crippen LogP contribution in [0.5, 0.6) is 0 Å². The summed E-state index contributed by atoms with van der Waals surface area (Å²) in [6.45, 7) is 7.16. The van der Waals surface area contributed by atoms with Gasteiger partial charge in [0.25, 0.3) is 5.91 Å². The third-order valence-corrected chi connectivity index (χ3v) is 7.17. The molecule has 4 nitrogen and oxygen atoms in total. The van der Waals surface area contributed by atoms with Crippen LogP contribution in [0.25, 0.3) is 0 Å². The molecule has 3 atom stereocenters. The first kappa shape index (κ1) is 19.8. The van der Waals surface area contributed by atoms with Crippen LogP contribution in [0.3, 0.4) is 0 Å². The van der Waals surface area contributed by atoms with Gasteiger partial charge in [0.2, 0.25) is 5.91 Å². The van der Waals surface area contributed by atoms with E-state index in [4.69, 9.17) is 0 Å². The Morgan fingerprint density at radius 2 is 1.96 bits per heavy atom. The minimum Gasteiger partial charge on any atom is -0.353 e. The van der Waals surface area contributed by atoms with Crippen molar-refractivity contribution in [3.63, 3.8) is 0 Å². The van der Waals surface area contributed by atoms with Crippen LogP contribution in [0.4, 0.5) is 8.78 Å². The van der Waals surface area contributed by atoms with Gasteiger partial charge in [-0.1, -0.05) is 20.8 Å². The predicted octanol–water partition coefficient (Wildman–Crippen LogP) is 3.81. The Morgan fingerprint density at radius 3 is 2.56 bits per heavy atom. The molecule has 2 aliphatic rings. The molecule has 2 aliphatic carbocycles. The first-order chi connectivity index (χ1) is 12.6. The molecule has 0 saturated heterocycles. The van der Waals surface area contributed by atoms with Crippen LogP contribution >= 0.6 is 0 Å². The minimum atomic E-state index is -0.891. The fourth-order valence-electron chi connectivity index (χ4n) is 4.91. The number of hydrogen-bond acceptors (Lipinski definition) is 2. The Morgan fingerprint density at radius 1 is 1.22 bits per heavy atom. The van der Waals surface area contributed by atoms with Crippen LogP contribution in [-0.4, -0.2) is 24.4 Å². The van der Waals surface area contributed by atoms with Gasteiger partial charge in [-0.15, -0.1) is 0 Å². The minimum absolute atomic E-state index is 0.00760. The molecule has 0 heterocycles. The Labute approximate surface area is 159 Å². The molecule has 3 unspecified atom stereocenters. The van der Waals surface area contributed by atoms with Gasteiger partial charge in [-0.25, -0.2) is 8.78 Å². The van der Waals surface area contributed by atoms with Gasteiger partial charge in [0.15, 0.2) is 0 Å².